The van der Waals surface area contributed by atoms with E-state index in [0.717, 1.165) is 12.3 Å². The van der Waals surface area contributed by atoms with E-state index in [4.69, 9.17) is 4.42 Å². The molecule has 4 heterocycles. The van der Waals surface area contributed by atoms with Gasteiger partial charge in [-0.05, 0) is 19.1 Å². The maximum absolute atomic E-state index is 14.2. The summed E-state index contributed by atoms with van der Waals surface area (Å²) < 4.78 is 60.1. The molecule has 0 aromatic carbocycles. The van der Waals surface area contributed by atoms with Crippen LogP contribution in [-0.4, -0.2) is 51.5 Å². The molecule has 1 amide bonds. The number of piperidine rings is 1. The van der Waals surface area contributed by atoms with Crippen LogP contribution in [0.1, 0.15) is 21.9 Å². The average Bonchev–Trinajstić information content (AvgIpc) is 3.09. The Morgan fingerprint density at radius 3 is 2.54 bits per heavy atom. The molecule has 184 valence electrons. The zero-order valence-corrected chi connectivity index (χ0v) is 19.0. The first kappa shape index (κ1) is 23.1. The van der Waals surface area contributed by atoms with E-state index in [2.05, 4.69) is 9.97 Å². The van der Waals surface area contributed by atoms with Gasteiger partial charge >= 0.3 is 6.18 Å². The molecule has 1 aliphatic carbocycles. The molecule has 1 saturated heterocycles. The lowest BCUT2D eigenvalue weighted by Crippen LogP contribution is -2.38. The standard InChI is InChI=1S/C23H21F4N5O3/c1-11-6-13(20(35-11)23(25,26)27)21(34)32-9-14-15(10-32)19(14)31(3)22-29-17(7-18(33)30(22)2)12-4-5-28-8-16(12)24/h4-8,14-15,19H,9-10H2,1-3H3/t14-,15+,19?. The van der Waals surface area contributed by atoms with Crippen molar-refractivity contribution >= 4 is 11.9 Å². The number of alkyl halides is 3. The zero-order chi connectivity index (χ0) is 25.2. The van der Waals surface area contributed by atoms with Gasteiger partial charge in [0.2, 0.25) is 11.7 Å². The number of aryl methyl sites for hydroxylation is 1. The highest BCUT2D eigenvalue weighted by Crippen LogP contribution is 2.50. The third kappa shape index (κ3) is 3.86. The average molecular weight is 491 g/mol. The number of likely N-dealkylation sites (tertiary alicyclic amines) is 1. The summed E-state index contributed by atoms with van der Waals surface area (Å²) in [5, 5.41) is 0. The van der Waals surface area contributed by atoms with Crippen LogP contribution in [0.2, 0.25) is 0 Å². The molecule has 8 nitrogen and oxygen atoms in total. The van der Waals surface area contributed by atoms with Crippen LogP contribution in [0.25, 0.3) is 11.3 Å². The largest absolute Gasteiger partial charge is 0.456 e. The highest BCUT2D eigenvalue weighted by Gasteiger charge is 2.59. The predicted octanol–water partition coefficient (Wildman–Crippen LogP) is 3.11. The van der Waals surface area contributed by atoms with Gasteiger partial charge in [-0.15, -0.1) is 0 Å². The quantitative estimate of drug-likeness (QED) is 0.522. The molecule has 0 radical (unpaired) electrons. The summed E-state index contributed by atoms with van der Waals surface area (Å²) in [5.41, 5.74) is -0.536. The molecule has 5 rings (SSSR count). The number of carbonyl (C=O) groups excluding carboxylic acids is 1. The molecule has 35 heavy (non-hydrogen) atoms. The summed E-state index contributed by atoms with van der Waals surface area (Å²) in [6.45, 7) is 1.90. The molecule has 12 heteroatoms. The second kappa shape index (κ2) is 7.92. The van der Waals surface area contributed by atoms with Gasteiger partial charge in [0.25, 0.3) is 11.5 Å². The summed E-state index contributed by atoms with van der Waals surface area (Å²) in [5.74, 6) is -2.26. The predicted molar refractivity (Wildman–Crippen MR) is 116 cm³/mol. The van der Waals surface area contributed by atoms with Crippen molar-refractivity contribution in [3.8, 4) is 11.3 Å². The molecule has 2 aliphatic rings. The Morgan fingerprint density at radius 2 is 1.91 bits per heavy atom. The van der Waals surface area contributed by atoms with Crippen LogP contribution >= 0.6 is 0 Å². The van der Waals surface area contributed by atoms with E-state index in [-0.39, 0.29) is 53.5 Å². The van der Waals surface area contributed by atoms with Crippen LogP contribution in [0.3, 0.4) is 0 Å². The number of furan rings is 1. The molecule has 0 spiro atoms. The van der Waals surface area contributed by atoms with Crippen LogP contribution < -0.4 is 10.5 Å². The molecule has 3 atom stereocenters. The van der Waals surface area contributed by atoms with Gasteiger partial charge in [0.05, 0.1) is 17.5 Å². The van der Waals surface area contributed by atoms with Crippen LogP contribution in [0, 0.1) is 24.6 Å². The second-order valence-electron chi connectivity index (χ2n) is 8.93. The number of rotatable bonds is 4. The molecule has 1 saturated carbocycles. The number of aromatic nitrogens is 3. The summed E-state index contributed by atoms with van der Waals surface area (Å²) in [6, 6.07) is 3.73. The molecule has 3 aromatic rings. The number of hydrogen-bond acceptors (Lipinski definition) is 6. The van der Waals surface area contributed by atoms with Gasteiger partial charge in [0.15, 0.2) is 5.82 Å². The number of halogens is 4. The highest BCUT2D eigenvalue weighted by atomic mass is 19.4. The zero-order valence-electron chi connectivity index (χ0n) is 19.0. The number of amides is 1. The van der Waals surface area contributed by atoms with Crippen molar-refractivity contribution in [3.05, 3.63) is 63.8 Å². The summed E-state index contributed by atoms with van der Waals surface area (Å²) in [6.07, 6.45) is -2.32. The third-order valence-corrected chi connectivity index (χ3v) is 6.70. The molecule has 2 fully saturated rings. The van der Waals surface area contributed by atoms with Crippen molar-refractivity contribution in [2.45, 2.75) is 19.1 Å². The van der Waals surface area contributed by atoms with E-state index in [1.807, 2.05) is 4.90 Å². The van der Waals surface area contributed by atoms with Gasteiger partial charge in [-0.25, -0.2) is 9.37 Å². The molecule has 3 aromatic heterocycles. The SMILES string of the molecule is Cc1cc(C(=O)N2C[C@@H]3C(N(C)c4nc(-c5ccncc5F)cc(=O)n4C)[C@@H]3C2)c(C(F)(F)F)o1. The fraction of sp³-hybridized carbons (Fsp3) is 0.391. The lowest BCUT2D eigenvalue weighted by Gasteiger charge is -2.26. The third-order valence-electron chi connectivity index (χ3n) is 6.70. The van der Waals surface area contributed by atoms with Crippen LogP contribution in [0.5, 0.6) is 0 Å². The first-order valence-corrected chi connectivity index (χ1v) is 10.8. The maximum atomic E-state index is 14.2. The van der Waals surface area contributed by atoms with Gasteiger partial charge in [0.1, 0.15) is 5.76 Å². The van der Waals surface area contributed by atoms with E-state index in [1.165, 1.54) is 34.7 Å². The van der Waals surface area contributed by atoms with Gasteiger partial charge in [-0.3, -0.25) is 19.1 Å². The first-order valence-electron chi connectivity index (χ1n) is 10.8. The van der Waals surface area contributed by atoms with Crippen molar-refractivity contribution in [2.75, 3.05) is 25.0 Å². The number of pyridine rings is 1. The minimum absolute atomic E-state index is 0.00417. The maximum Gasteiger partial charge on any atom is 0.450 e. The number of fused-ring (bicyclic) bond motifs is 1. The summed E-state index contributed by atoms with van der Waals surface area (Å²) in [4.78, 5) is 36.8. The van der Waals surface area contributed by atoms with Gasteiger partial charge in [0, 0.05) is 62.9 Å². The lowest BCUT2D eigenvalue weighted by molar-refractivity contribution is -0.153. The van der Waals surface area contributed by atoms with Gasteiger partial charge in [-0.2, -0.15) is 13.2 Å². The van der Waals surface area contributed by atoms with Gasteiger partial charge < -0.3 is 14.2 Å². The number of anilines is 1. The molecule has 0 N–H and O–H groups in total. The fourth-order valence-electron chi connectivity index (χ4n) is 4.99. The minimum atomic E-state index is -4.76. The number of carbonyl (C=O) groups is 1. The van der Waals surface area contributed by atoms with Crippen LogP contribution in [0.15, 0.2) is 39.8 Å². The Morgan fingerprint density at radius 1 is 1.23 bits per heavy atom. The Hall–Kier alpha value is -3.70. The topological polar surface area (TPSA) is 84.5 Å². The van der Waals surface area contributed by atoms with Crippen molar-refractivity contribution in [1.82, 2.24) is 19.4 Å². The van der Waals surface area contributed by atoms with E-state index in [1.54, 1.807) is 14.1 Å². The molecular formula is C23H21F4N5O3. The van der Waals surface area contributed by atoms with Crippen molar-refractivity contribution in [3.63, 3.8) is 0 Å². The van der Waals surface area contributed by atoms with Crippen molar-refractivity contribution in [1.29, 1.82) is 0 Å². The minimum Gasteiger partial charge on any atom is -0.456 e. The Labute approximate surface area is 196 Å². The summed E-state index contributed by atoms with van der Waals surface area (Å²) >= 11 is 0. The molecule has 0 bridgehead atoms. The Balaban J connectivity index is 1.35. The van der Waals surface area contributed by atoms with Crippen molar-refractivity contribution in [2.24, 2.45) is 18.9 Å². The number of hydrogen-bond donors (Lipinski definition) is 0. The van der Waals surface area contributed by atoms with Crippen LogP contribution in [0.4, 0.5) is 23.5 Å². The molecular weight excluding hydrogens is 470 g/mol. The normalized spacial score (nSPS) is 21.2. The smallest absolute Gasteiger partial charge is 0.450 e. The Kier molecular flexibility index (Phi) is 5.22. The second-order valence-corrected chi connectivity index (χ2v) is 8.93. The lowest BCUT2D eigenvalue weighted by atomic mass is 10.2. The van der Waals surface area contributed by atoms with E-state index in [0.29, 0.717) is 5.95 Å². The molecule has 1 unspecified atom stereocenters. The molecule has 1 aliphatic heterocycles. The summed E-state index contributed by atoms with van der Waals surface area (Å²) in [7, 11) is 3.31. The fourth-order valence-corrected chi connectivity index (χ4v) is 4.99. The van der Waals surface area contributed by atoms with E-state index in [9.17, 15) is 27.2 Å². The van der Waals surface area contributed by atoms with Gasteiger partial charge in [-0.1, -0.05) is 0 Å². The van der Waals surface area contributed by atoms with E-state index < -0.39 is 29.2 Å². The Bertz CT molecular complexity index is 1370. The highest BCUT2D eigenvalue weighted by molar-refractivity contribution is 5.96. The first-order chi connectivity index (χ1) is 16.5. The monoisotopic (exact) mass is 491 g/mol. The van der Waals surface area contributed by atoms with Crippen molar-refractivity contribution < 1.29 is 26.8 Å². The van der Waals surface area contributed by atoms with E-state index >= 15 is 0 Å². The van der Waals surface area contributed by atoms with Crippen LogP contribution in [-0.2, 0) is 13.2 Å². The number of nitrogens with zero attached hydrogens (tertiary/aromatic N) is 5.